The van der Waals surface area contributed by atoms with Gasteiger partial charge in [-0.05, 0) is 50.8 Å². The van der Waals surface area contributed by atoms with Crippen LogP contribution < -0.4 is 9.80 Å². The molecule has 0 spiro atoms. The number of piperidine rings is 1. The number of hydrogen-bond donors (Lipinski definition) is 0. The quantitative estimate of drug-likeness (QED) is 0.822. The molecule has 2 aromatic rings. The Morgan fingerprint density at radius 3 is 2.57 bits per heavy atom. The van der Waals surface area contributed by atoms with E-state index in [4.69, 9.17) is 0 Å². The summed E-state index contributed by atoms with van der Waals surface area (Å²) < 4.78 is 0. The largest absolute Gasteiger partial charge is 0.338 e. The number of carbonyl (C=O) groups is 1. The molecule has 6 heteroatoms. The van der Waals surface area contributed by atoms with Gasteiger partial charge < -0.3 is 9.80 Å². The Bertz CT molecular complexity index is 881. The van der Waals surface area contributed by atoms with Crippen LogP contribution in [0.25, 0.3) is 0 Å². The molecule has 1 aromatic heterocycles. The first kappa shape index (κ1) is 17.6. The van der Waals surface area contributed by atoms with Crippen LogP contribution in [0.4, 0.5) is 11.6 Å². The summed E-state index contributed by atoms with van der Waals surface area (Å²) in [5, 5.41) is 0. The van der Waals surface area contributed by atoms with Gasteiger partial charge in [-0.2, -0.15) is 0 Å². The number of carbonyl (C=O) groups excluding carboxylic acids is 1. The van der Waals surface area contributed by atoms with Gasteiger partial charge in [0, 0.05) is 48.8 Å². The van der Waals surface area contributed by atoms with Crippen LogP contribution in [0.2, 0.25) is 0 Å². The Morgan fingerprint density at radius 1 is 1.11 bits per heavy atom. The maximum Gasteiger partial charge on any atom is 0.241 e. The second kappa shape index (κ2) is 6.85. The third-order valence-electron chi connectivity index (χ3n) is 6.33. The van der Waals surface area contributed by atoms with E-state index in [2.05, 4.69) is 38.0 Å². The Hall–Kier alpha value is -2.47. The number of aromatic nitrogens is 2. The van der Waals surface area contributed by atoms with Crippen molar-refractivity contribution in [1.82, 2.24) is 14.9 Å². The summed E-state index contributed by atoms with van der Waals surface area (Å²) in [5.74, 6) is 1.07. The monoisotopic (exact) mass is 377 g/mol. The van der Waals surface area contributed by atoms with Gasteiger partial charge in [-0.25, -0.2) is 9.97 Å². The molecule has 1 aromatic carbocycles. The molecule has 28 heavy (non-hydrogen) atoms. The third-order valence-corrected chi connectivity index (χ3v) is 6.33. The van der Waals surface area contributed by atoms with Crippen molar-refractivity contribution in [1.29, 1.82) is 0 Å². The minimum Gasteiger partial charge on any atom is -0.338 e. The number of nitrogens with zero attached hydrogens (tertiary/aromatic N) is 5. The molecule has 6 rings (SSSR count). The van der Waals surface area contributed by atoms with Crippen LogP contribution in [-0.2, 0) is 11.2 Å². The summed E-state index contributed by atoms with van der Waals surface area (Å²) in [6, 6.07) is 11.2. The van der Waals surface area contributed by atoms with Crippen molar-refractivity contribution in [3.63, 3.8) is 0 Å². The Balaban J connectivity index is 1.26. The van der Waals surface area contributed by atoms with Crippen LogP contribution in [0.3, 0.4) is 0 Å². The molecule has 2 unspecified atom stereocenters. The summed E-state index contributed by atoms with van der Waals surface area (Å²) in [5.41, 5.74) is 4.42. The number of para-hydroxylation sites is 1. The fourth-order valence-electron chi connectivity index (χ4n) is 4.99. The summed E-state index contributed by atoms with van der Waals surface area (Å²) in [6.07, 6.45) is 3.29. The van der Waals surface area contributed by atoms with Crippen molar-refractivity contribution in [2.75, 3.05) is 36.0 Å². The highest BCUT2D eigenvalue weighted by Crippen LogP contribution is 2.34. The van der Waals surface area contributed by atoms with E-state index in [9.17, 15) is 4.79 Å². The molecule has 0 radical (unpaired) electrons. The van der Waals surface area contributed by atoms with Crippen molar-refractivity contribution >= 4 is 17.5 Å². The first-order valence-electron chi connectivity index (χ1n) is 10.3. The number of benzene rings is 1. The molecule has 3 fully saturated rings. The second-order valence-corrected chi connectivity index (χ2v) is 8.35. The molecular weight excluding hydrogens is 350 g/mol. The third kappa shape index (κ3) is 3.05. The molecule has 0 saturated carbocycles. The van der Waals surface area contributed by atoms with Gasteiger partial charge in [0.25, 0.3) is 0 Å². The van der Waals surface area contributed by atoms with Crippen molar-refractivity contribution < 1.29 is 4.79 Å². The van der Waals surface area contributed by atoms with Crippen LogP contribution in [-0.4, -0.2) is 59.0 Å². The molecule has 0 aliphatic carbocycles. The van der Waals surface area contributed by atoms with Gasteiger partial charge in [0.1, 0.15) is 0 Å². The average Bonchev–Trinajstić information content (AvgIpc) is 2.70. The van der Waals surface area contributed by atoms with E-state index in [-0.39, 0.29) is 5.91 Å². The lowest BCUT2D eigenvalue weighted by Gasteiger charge is -2.56. The first-order valence-corrected chi connectivity index (χ1v) is 10.3. The van der Waals surface area contributed by atoms with Crippen molar-refractivity contribution in [2.24, 2.45) is 0 Å². The molecular formula is C22H27N5O. The van der Waals surface area contributed by atoms with E-state index in [1.165, 1.54) is 12.0 Å². The smallest absolute Gasteiger partial charge is 0.241 e. The van der Waals surface area contributed by atoms with E-state index in [1.54, 1.807) is 0 Å². The number of fused-ring (bicyclic) bond motifs is 3. The fraction of sp³-hybridized carbons (Fsp3) is 0.500. The SMILES string of the molecule is Cc1cc(C)nc(N2CC3CC(C2)N3CC(=O)N2CCCc3ccccc32)n1. The van der Waals surface area contributed by atoms with Crippen LogP contribution in [0.1, 0.15) is 29.8 Å². The average molecular weight is 377 g/mol. The minimum absolute atomic E-state index is 0.234. The van der Waals surface area contributed by atoms with Crippen LogP contribution in [0.5, 0.6) is 0 Å². The van der Waals surface area contributed by atoms with Crippen LogP contribution in [0.15, 0.2) is 30.3 Å². The van der Waals surface area contributed by atoms with E-state index in [1.807, 2.05) is 30.9 Å². The summed E-state index contributed by atoms with van der Waals surface area (Å²) in [4.78, 5) is 29.0. The lowest BCUT2D eigenvalue weighted by atomic mass is 9.87. The lowest BCUT2D eigenvalue weighted by molar-refractivity contribution is -0.124. The maximum absolute atomic E-state index is 13.1. The van der Waals surface area contributed by atoms with E-state index >= 15 is 0 Å². The molecule has 0 N–H and O–H groups in total. The van der Waals surface area contributed by atoms with Crippen molar-refractivity contribution in [3.8, 4) is 0 Å². The minimum atomic E-state index is 0.234. The Kier molecular flexibility index (Phi) is 4.31. The fourth-order valence-corrected chi connectivity index (χ4v) is 4.99. The Morgan fingerprint density at radius 2 is 1.82 bits per heavy atom. The number of aryl methyl sites for hydroxylation is 3. The molecule has 4 aliphatic heterocycles. The highest BCUT2D eigenvalue weighted by Gasteiger charge is 2.46. The number of amides is 1. The molecule has 146 valence electrons. The van der Waals surface area contributed by atoms with Gasteiger partial charge in [0.2, 0.25) is 11.9 Å². The molecule has 3 saturated heterocycles. The zero-order valence-electron chi connectivity index (χ0n) is 16.6. The maximum atomic E-state index is 13.1. The second-order valence-electron chi connectivity index (χ2n) is 8.35. The van der Waals surface area contributed by atoms with Crippen molar-refractivity contribution in [3.05, 3.63) is 47.3 Å². The van der Waals surface area contributed by atoms with Crippen LogP contribution >= 0.6 is 0 Å². The highest BCUT2D eigenvalue weighted by molar-refractivity contribution is 5.96. The number of piperazine rings is 1. The molecule has 4 aliphatic rings. The summed E-state index contributed by atoms with van der Waals surface area (Å²) in [7, 11) is 0. The van der Waals surface area contributed by atoms with E-state index < -0.39 is 0 Å². The van der Waals surface area contributed by atoms with Gasteiger partial charge in [-0.1, -0.05) is 18.2 Å². The van der Waals surface area contributed by atoms with Gasteiger partial charge in [-0.15, -0.1) is 0 Å². The van der Waals surface area contributed by atoms with Crippen LogP contribution in [0, 0.1) is 13.8 Å². The van der Waals surface area contributed by atoms with Gasteiger partial charge in [-0.3, -0.25) is 9.69 Å². The molecule has 6 nitrogen and oxygen atoms in total. The molecule has 5 heterocycles. The van der Waals surface area contributed by atoms with Gasteiger partial charge in [0.15, 0.2) is 0 Å². The standard InChI is InChI=1S/C22H27N5O/c1-15-10-16(2)24-22(23-15)25-12-18-11-19(13-25)27(18)14-21(28)26-9-5-7-17-6-3-4-8-20(17)26/h3-4,6,8,10,18-19H,5,7,9,11-14H2,1-2H3. The Labute approximate surface area is 166 Å². The van der Waals surface area contributed by atoms with Crippen molar-refractivity contribution in [2.45, 2.75) is 45.2 Å². The van der Waals surface area contributed by atoms with E-state index in [0.29, 0.717) is 18.6 Å². The van der Waals surface area contributed by atoms with Gasteiger partial charge >= 0.3 is 0 Å². The normalized spacial score (nSPS) is 23.9. The topological polar surface area (TPSA) is 52.6 Å². The first-order chi connectivity index (χ1) is 13.6. The zero-order chi connectivity index (χ0) is 19.3. The van der Waals surface area contributed by atoms with Gasteiger partial charge in [0.05, 0.1) is 6.54 Å². The predicted octanol–water partition coefficient (Wildman–Crippen LogP) is 2.34. The lowest BCUT2D eigenvalue weighted by Crippen LogP contribution is -2.70. The highest BCUT2D eigenvalue weighted by atomic mass is 16.2. The summed E-state index contributed by atoms with van der Waals surface area (Å²) >= 11 is 0. The zero-order valence-corrected chi connectivity index (χ0v) is 16.6. The summed E-state index contributed by atoms with van der Waals surface area (Å²) in [6.45, 7) is 7.20. The molecule has 2 atom stereocenters. The number of hydrogen-bond acceptors (Lipinski definition) is 5. The molecule has 1 amide bonds. The van der Waals surface area contributed by atoms with E-state index in [0.717, 1.165) is 55.5 Å². The predicted molar refractivity (Wildman–Crippen MR) is 110 cm³/mol. The molecule has 2 bridgehead atoms. The number of rotatable bonds is 3. The number of anilines is 2.